The van der Waals surface area contributed by atoms with Gasteiger partial charge in [0.25, 0.3) is 0 Å². The summed E-state index contributed by atoms with van der Waals surface area (Å²) in [4.78, 5) is -0.380. The van der Waals surface area contributed by atoms with Crippen LogP contribution in [0.2, 0.25) is 0 Å². The molecule has 0 radical (unpaired) electrons. The van der Waals surface area contributed by atoms with Crippen LogP contribution >= 0.6 is 0 Å². The molecule has 1 heterocycles. The molecule has 6 nitrogen and oxygen atoms in total. The van der Waals surface area contributed by atoms with E-state index >= 15 is 0 Å². The molecule has 4 N–H and O–H groups in total. The van der Waals surface area contributed by atoms with Crippen LogP contribution in [0.4, 0.5) is 10.2 Å². The Balaban J connectivity index is 2.23. The van der Waals surface area contributed by atoms with Gasteiger partial charge < -0.3 is 5.73 Å². The minimum Gasteiger partial charge on any atom is -0.384 e. The van der Waals surface area contributed by atoms with Crippen molar-refractivity contribution >= 4 is 15.8 Å². The minimum atomic E-state index is -3.93. The zero-order chi connectivity index (χ0) is 14.0. The Hall–Kier alpha value is -1.93. The van der Waals surface area contributed by atoms with Gasteiger partial charge in [-0.15, -0.1) is 0 Å². The highest BCUT2D eigenvalue weighted by Crippen LogP contribution is 2.16. The number of benzene rings is 1. The number of H-pyrrole nitrogens is 1. The molecule has 1 aromatic heterocycles. The molecule has 8 heteroatoms. The van der Waals surface area contributed by atoms with Crippen LogP contribution in [0.25, 0.3) is 0 Å². The van der Waals surface area contributed by atoms with Gasteiger partial charge in [0, 0.05) is 12.1 Å². The highest BCUT2D eigenvalue weighted by atomic mass is 32.2. The summed E-state index contributed by atoms with van der Waals surface area (Å²) in [5, 5.41) is 6.15. The number of nitrogen functional groups attached to an aromatic ring is 1. The van der Waals surface area contributed by atoms with Gasteiger partial charge in [0.2, 0.25) is 10.0 Å². The third kappa shape index (κ3) is 2.91. The van der Waals surface area contributed by atoms with E-state index in [1.54, 1.807) is 6.92 Å². The van der Waals surface area contributed by atoms with Crippen LogP contribution in [0.5, 0.6) is 0 Å². The molecule has 0 bridgehead atoms. The first-order chi connectivity index (χ1) is 8.90. The summed E-state index contributed by atoms with van der Waals surface area (Å²) in [7, 11) is -3.93. The molecule has 0 amide bonds. The van der Waals surface area contributed by atoms with Crippen molar-refractivity contribution < 1.29 is 12.8 Å². The third-order valence-electron chi connectivity index (χ3n) is 2.58. The molecule has 19 heavy (non-hydrogen) atoms. The van der Waals surface area contributed by atoms with Crippen LogP contribution in [0.15, 0.2) is 29.3 Å². The average molecular weight is 284 g/mol. The third-order valence-corrected chi connectivity index (χ3v) is 4.00. The van der Waals surface area contributed by atoms with Crippen LogP contribution in [-0.2, 0) is 16.6 Å². The summed E-state index contributed by atoms with van der Waals surface area (Å²) in [6.07, 6.45) is 1.41. The molecule has 2 aromatic rings. The zero-order valence-electron chi connectivity index (χ0n) is 10.1. The van der Waals surface area contributed by atoms with Crippen molar-refractivity contribution in [2.24, 2.45) is 0 Å². The van der Waals surface area contributed by atoms with Crippen molar-refractivity contribution in [3.8, 4) is 0 Å². The summed E-state index contributed by atoms with van der Waals surface area (Å²) >= 11 is 0. The lowest BCUT2D eigenvalue weighted by Gasteiger charge is -2.08. The van der Waals surface area contributed by atoms with Gasteiger partial charge in [0.05, 0.1) is 6.20 Å². The molecule has 0 saturated carbocycles. The summed E-state index contributed by atoms with van der Waals surface area (Å²) in [6, 6.07) is 3.90. The van der Waals surface area contributed by atoms with Crippen molar-refractivity contribution in [1.82, 2.24) is 14.9 Å². The van der Waals surface area contributed by atoms with Crippen LogP contribution in [0.3, 0.4) is 0 Å². The first kappa shape index (κ1) is 13.5. The van der Waals surface area contributed by atoms with Gasteiger partial charge in [-0.1, -0.05) is 6.07 Å². The second-order valence-corrected chi connectivity index (χ2v) is 5.80. The Kier molecular flexibility index (Phi) is 3.54. The van der Waals surface area contributed by atoms with E-state index in [4.69, 9.17) is 5.73 Å². The highest BCUT2D eigenvalue weighted by Gasteiger charge is 2.19. The summed E-state index contributed by atoms with van der Waals surface area (Å²) in [5.74, 6) is -0.523. The van der Waals surface area contributed by atoms with Gasteiger partial charge >= 0.3 is 0 Å². The number of nitrogens with one attached hydrogen (secondary N) is 2. The predicted octanol–water partition coefficient (Wildman–Crippen LogP) is 0.918. The smallest absolute Gasteiger partial charge is 0.243 e. The van der Waals surface area contributed by atoms with Crippen molar-refractivity contribution in [2.45, 2.75) is 18.4 Å². The quantitative estimate of drug-likeness (QED) is 0.777. The number of hydrogen-bond donors (Lipinski definition) is 3. The van der Waals surface area contributed by atoms with Gasteiger partial charge in [0.1, 0.15) is 16.5 Å². The lowest BCUT2D eigenvalue weighted by atomic mass is 10.2. The number of rotatable bonds is 4. The number of sulfonamides is 1. The van der Waals surface area contributed by atoms with Gasteiger partial charge in [-0.3, -0.25) is 5.10 Å². The molecule has 0 atom stereocenters. The monoisotopic (exact) mass is 284 g/mol. The maximum atomic E-state index is 13.5. The molecule has 0 aliphatic rings. The molecular weight excluding hydrogens is 271 g/mol. The van der Waals surface area contributed by atoms with E-state index in [0.717, 1.165) is 6.07 Å². The summed E-state index contributed by atoms with van der Waals surface area (Å²) < 4.78 is 39.8. The largest absolute Gasteiger partial charge is 0.384 e. The molecular formula is C11H13FN4O2S. The molecule has 0 saturated heterocycles. The molecule has 2 rings (SSSR count). The van der Waals surface area contributed by atoms with E-state index in [-0.39, 0.29) is 17.3 Å². The molecule has 0 fully saturated rings. The molecule has 1 aromatic carbocycles. The number of aryl methyl sites for hydroxylation is 1. The molecule has 0 aliphatic heterocycles. The lowest BCUT2D eigenvalue weighted by molar-refractivity contribution is 0.556. The Morgan fingerprint density at radius 1 is 1.47 bits per heavy atom. The van der Waals surface area contributed by atoms with E-state index in [1.807, 2.05) is 0 Å². The first-order valence-electron chi connectivity index (χ1n) is 5.43. The number of halogens is 1. The van der Waals surface area contributed by atoms with E-state index in [2.05, 4.69) is 14.9 Å². The Labute approximate surface area is 109 Å². The minimum absolute atomic E-state index is 0.0575. The normalized spacial score (nSPS) is 11.7. The number of aromatic nitrogens is 2. The van der Waals surface area contributed by atoms with Gasteiger partial charge in [0.15, 0.2) is 0 Å². The van der Waals surface area contributed by atoms with E-state index in [0.29, 0.717) is 11.1 Å². The maximum Gasteiger partial charge on any atom is 0.243 e. The molecule has 102 valence electrons. The van der Waals surface area contributed by atoms with Crippen LogP contribution in [0.1, 0.15) is 11.1 Å². The highest BCUT2D eigenvalue weighted by molar-refractivity contribution is 7.89. The fourth-order valence-electron chi connectivity index (χ4n) is 1.53. The second kappa shape index (κ2) is 4.98. The van der Waals surface area contributed by atoms with Crippen molar-refractivity contribution in [2.75, 3.05) is 5.73 Å². The molecule has 0 spiro atoms. The van der Waals surface area contributed by atoms with Gasteiger partial charge in [-0.2, -0.15) is 5.10 Å². The standard InChI is InChI=1S/C11H13FN4O2S/c1-7-2-3-9(12)10(4-7)19(17,18)15-6-8-5-14-16-11(8)13/h2-5,15H,6H2,1H3,(H3,13,14,16). The van der Waals surface area contributed by atoms with Crippen LogP contribution in [0, 0.1) is 12.7 Å². The Bertz CT molecular complexity index is 696. The summed E-state index contributed by atoms with van der Waals surface area (Å²) in [5.41, 5.74) is 6.69. The fourth-order valence-corrected chi connectivity index (χ4v) is 2.70. The molecule has 0 aliphatic carbocycles. The van der Waals surface area contributed by atoms with E-state index < -0.39 is 15.8 Å². The number of nitrogens with zero attached hydrogens (tertiary/aromatic N) is 1. The maximum absolute atomic E-state index is 13.5. The zero-order valence-corrected chi connectivity index (χ0v) is 11.0. The van der Waals surface area contributed by atoms with Crippen molar-refractivity contribution in [3.05, 3.63) is 41.3 Å². The topological polar surface area (TPSA) is 101 Å². The van der Waals surface area contributed by atoms with Crippen LogP contribution in [-0.4, -0.2) is 18.6 Å². The number of aromatic amines is 1. The number of hydrogen-bond acceptors (Lipinski definition) is 4. The van der Waals surface area contributed by atoms with Crippen molar-refractivity contribution in [1.29, 1.82) is 0 Å². The fraction of sp³-hybridized carbons (Fsp3) is 0.182. The van der Waals surface area contributed by atoms with E-state index in [1.165, 1.54) is 18.3 Å². The predicted molar refractivity (Wildman–Crippen MR) is 68.2 cm³/mol. The van der Waals surface area contributed by atoms with Crippen molar-refractivity contribution in [3.63, 3.8) is 0 Å². The van der Waals surface area contributed by atoms with Gasteiger partial charge in [-0.05, 0) is 24.6 Å². The van der Waals surface area contributed by atoms with Crippen LogP contribution < -0.4 is 10.5 Å². The second-order valence-electron chi connectivity index (χ2n) is 4.07. The molecule has 0 unspecified atom stereocenters. The summed E-state index contributed by atoms with van der Waals surface area (Å²) in [6.45, 7) is 1.63. The first-order valence-corrected chi connectivity index (χ1v) is 6.92. The van der Waals surface area contributed by atoms with E-state index in [9.17, 15) is 12.8 Å². The average Bonchev–Trinajstić information content (AvgIpc) is 2.75. The lowest BCUT2D eigenvalue weighted by Crippen LogP contribution is -2.24. The number of nitrogens with two attached hydrogens (primary N) is 1. The Morgan fingerprint density at radius 3 is 2.84 bits per heavy atom. The number of anilines is 1. The van der Waals surface area contributed by atoms with Gasteiger partial charge in [-0.25, -0.2) is 17.5 Å². The Morgan fingerprint density at radius 2 is 2.21 bits per heavy atom. The SMILES string of the molecule is Cc1ccc(F)c(S(=O)(=O)NCc2cn[nH]c2N)c1.